The summed E-state index contributed by atoms with van der Waals surface area (Å²) in [5.41, 5.74) is 9.78. The number of nitrogens with zero attached hydrogens (tertiary/aromatic N) is 2. The molecule has 1 aliphatic heterocycles. The molecule has 27 heavy (non-hydrogen) atoms. The van der Waals surface area contributed by atoms with Crippen molar-refractivity contribution in [1.29, 1.82) is 0 Å². The van der Waals surface area contributed by atoms with Gasteiger partial charge >= 0.3 is 0 Å². The highest BCUT2D eigenvalue weighted by atomic mass is 15.1. The molecular formula is C25H32N2. The van der Waals surface area contributed by atoms with Crippen molar-refractivity contribution >= 4 is 12.0 Å². The minimum atomic E-state index is 1.02. The lowest BCUT2D eigenvalue weighted by Crippen LogP contribution is -2.28. The smallest absolute Gasteiger partial charge is 0.0912 e. The molecule has 0 bridgehead atoms. The summed E-state index contributed by atoms with van der Waals surface area (Å²) in [7, 11) is 0. The molecular weight excluding hydrogens is 328 g/mol. The van der Waals surface area contributed by atoms with Crippen LogP contribution in [0, 0.1) is 13.8 Å². The van der Waals surface area contributed by atoms with E-state index >= 15 is 0 Å². The lowest BCUT2D eigenvalue weighted by molar-refractivity contribution is 0.351. The highest BCUT2D eigenvalue weighted by Crippen LogP contribution is 2.27. The molecule has 2 nitrogen and oxygen atoms in total. The Bertz CT molecular complexity index is 828. The maximum absolute atomic E-state index is 4.80. The van der Waals surface area contributed by atoms with Crippen LogP contribution in [-0.2, 0) is 19.3 Å². The summed E-state index contributed by atoms with van der Waals surface area (Å²) in [4.78, 5) is 7.16. The number of aliphatic imine (C=N–C) groups is 1. The standard InChI is InChI=1S/C25H32N2/c1-19-15-25(26-18-27-12-6-3-7-13-27)20(2)14-24(19)17-21-10-11-22-8-4-5-9-23(22)16-21/h10-11,14-16,18H,3-9,12-13,17H2,1-2H3/b26-18+. The fourth-order valence-corrected chi connectivity index (χ4v) is 4.48. The van der Waals surface area contributed by atoms with Gasteiger partial charge in [0.15, 0.2) is 0 Å². The maximum atomic E-state index is 4.80. The van der Waals surface area contributed by atoms with E-state index in [1.165, 1.54) is 67.2 Å². The number of benzene rings is 2. The normalized spacial score (nSPS) is 17.3. The van der Waals surface area contributed by atoms with Crippen LogP contribution in [0.15, 0.2) is 35.3 Å². The third-order valence-electron chi connectivity index (χ3n) is 6.21. The summed E-state index contributed by atoms with van der Waals surface area (Å²) in [5.74, 6) is 0. The van der Waals surface area contributed by atoms with Gasteiger partial charge in [0, 0.05) is 13.1 Å². The lowest BCUT2D eigenvalue weighted by atomic mass is 9.88. The number of hydrogen-bond acceptors (Lipinski definition) is 1. The van der Waals surface area contributed by atoms with Crippen LogP contribution in [0.5, 0.6) is 0 Å². The van der Waals surface area contributed by atoms with E-state index in [1.807, 2.05) is 0 Å². The van der Waals surface area contributed by atoms with Crippen molar-refractivity contribution in [3.63, 3.8) is 0 Å². The number of hydrogen-bond donors (Lipinski definition) is 0. The van der Waals surface area contributed by atoms with E-state index < -0.39 is 0 Å². The average molecular weight is 361 g/mol. The largest absolute Gasteiger partial charge is 0.363 e. The van der Waals surface area contributed by atoms with E-state index in [-0.39, 0.29) is 0 Å². The van der Waals surface area contributed by atoms with Crippen molar-refractivity contribution in [3.05, 3.63) is 63.7 Å². The first kappa shape index (κ1) is 18.3. The summed E-state index contributed by atoms with van der Waals surface area (Å²) in [5, 5.41) is 0. The molecule has 0 atom stereocenters. The molecule has 0 radical (unpaired) electrons. The zero-order valence-corrected chi connectivity index (χ0v) is 16.9. The second-order valence-corrected chi connectivity index (χ2v) is 8.39. The summed E-state index contributed by atoms with van der Waals surface area (Å²) in [6, 6.07) is 11.8. The monoisotopic (exact) mass is 360 g/mol. The zero-order valence-electron chi connectivity index (χ0n) is 16.9. The molecule has 4 rings (SSSR count). The quantitative estimate of drug-likeness (QED) is 0.488. The van der Waals surface area contributed by atoms with Gasteiger partial charge in [-0.3, -0.25) is 0 Å². The molecule has 0 amide bonds. The molecule has 1 aliphatic carbocycles. The van der Waals surface area contributed by atoms with E-state index in [2.05, 4.69) is 55.4 Å². The molecule has 0 saturated carbocycles. The predicted molar refractivity (Wildman–Crippen MR) is 115 cm³/mol. The van der Waals surface area contributed by atoms with Crippen LogP contribution < -0.4 is 0 Å². The van der Waals surface area contributed by atoms with Gasteiger partial charge in [-0.2, -0.15) is 0 Å². The van der Waals surface area contributed by atoms with Crippen molar-refractivity contribution in [1.82, 2.24) is 4.90 Å². The summed E-state index contributed by atoms with van der Waals surface area (Å²) < 4.78 is 0. The van der Waals surface area contributed by atoms with Gasteiger partial charge in [-0.1, -0.05) is 24.3 Å². The van der Waals surface area contributed by atoms with E-state index in [9.17, 15) is 0 Å². The van der Waals surface area contributed by atoms with Gasteiger partial charge in [0.2, 0.25) is 0 Å². The predicted octanol–water partition coefficient (Wildman–Crippen LogP) is 5.92. The van der Waals surface area contributed by atoms with E-state index in [0.717, 1.165) is 25.2 Å². The Morgan fingerprint density at radius 3 is 2.44 bits per heavy atom. The van der Waals surface area contributed by atoms with E-state index in [4.69, 9.17) is 4.99 Å². The summed E-state index contributed by atoms with van der Waals surface area (Å²) in [6.07, 6.45) is 12.2. The van der Waals surface area contributed by atoms with Crippen molar-refractivity contribution in [3.8, 4) is 0 Å². The molecule has 2 heteroatoms. The second kappa shape index (κ2) is 8.29. The summed E-state index contributed by atoms with van der Waals surface area (Å²) >= 11 is 0. The first-order valence-electron chi connectivity index (χ1n) is 10.7. The summed E-state index contributed by atoms with van der Waals surface area (Å²) in [6.45, 7) is 6.72. The minimum Gasteiger partial charge on any atom is -0.363 e. The molecule has 0 spiro atoms. The van der Waals surface area contributed by atoms with Crippen LogP contribution in [0.4, 0.5) is 5.69 Å². The van der Waals surface area contributed by atoms with Crippen LogP contribution in [0.1, 0.15) is 65.5 Å². The minimum absolute atomic E-state index is 1.02. The number of piperidine rings is 1. The van der Waals surface area contributed by atoms with Crippen LogP contribution in [0.2, 0.25) is 0 Å². The van der Waals surface area contributed by atoms with Crippen molar-refractivity contribution in [2.75, 3.05) is 13.1 Å². The maximum Gasteiger partial charge on any atom is 0.0912 e. The topological polar surface area (TPSA) is 15.6 Å². The molecule has 2 aromatic carbocycles. The molecule has 1 saturated heterocycles. The Morgan fingerprint density at radius 2 is 1.63 bits per heavy atom. The van der Waals surface area contributed by atoms with Gasteiger partial charge in [-0.15, -0.1) is 0 Å². The first-order valence-corrected chi connectivity index (χ1v) is 10.7. The molecule has 0 aromatic heterocycles. The Morgan fingerprint density at radius 1 is 0.852 bits per heavy atom. The SMILES string of the molecule is Cc1cc(/N=C/N2CCCCC2)c(C)cc1Cc1ccc2c(c1)CCCC2. The average Bonchev–Trinajstić information content (AvgIpc) is 2.70. The van der Waals surface area contributed by atoms with Crippen LogP contribution in [0.25, 0.3) is 0 Å². The van der Waals surface area contributed by atoms with E-state index in [1.54, 1.807) is 11.1 Å². The lowest BCUT2D eigenvalue weighted by Gasteiger charge is -2.24. The van der Waals surface area contributed by atoms with Gasteiger partial charge in [0.05, 0.1) is 12.0 Å². The second-order valence-electron chi connectivity index (χ2n) is 8.39. The highest BCUT2D eigenvalue weighted by molar-refractivity contribution is 5.64. The number of aryl methyl sites for hydroxylation is 4. The van der Waals surface area contributed by atoms with Crippen LogP contribution in [-0.4, -0.2) is 24.3 Å². The Balaban J connectivity index is 1.50. The fraction of sp³-hybridized carbons (Fsp3) is 0.480. The van der Waals surface area contributed by atoms with Gasteiger partial charge in [0.25, 0.3) is 0 Å². The van der Waals surface area contributed by atoms with Gasteiger partial charge in [0.1, 0.15) is 0 Å². The zero-order chi connectivity index (χ0) is 18.6. The molecule has 1 heterocycles. The Hall–Kier alpha value is -2.09. The van der Waals surface area contributed by atoms with E-state index in [0.29, 0.717) is 0 Å². The van der Waals surface area contributed by atoms with Gasteiger partial charge in [-0.25, -0.2) is 4.99 Å². The number of rotatable bonds is 4. The highest BCUT2D eigenvalue weighted by Gasteiger charge is 2.11. The van der Waals surface area contributed by atoms with Crippen molar-refractivity contribution < 1.29 is 0 Å². The third kappa shape index (κ3) is 4.43. The Labute approximate surface area is 164 Å². The van der Waals surface area contributed by atoms with Crippen LogP contribution >= 0.6 is 0 Å². The molecule has 0 unspecified atom stereocenters. The molecule has 142 valence electrons. The van der Waals surface area contributed by atoms with Gasteiger partial charge < -0.3 is 4.90 Å². The molecule has 2 aromatic rings. The molecule has 2 aliphatic rings. The number of likely N-dealkylation sites (tertiary alicyclic amines) is 1. The molecule has 0 N–H and O–H groups in total. The number of fused-ring (bicyclic) bond motifs is 1. The van der Waals surface area contributed by atoms with Crippen molar-refractivity contribution in [2.24, 2.45) is 4.99 Å². The van der Waals surface area contributed by atoms with Crippen LogP contribution in [0.3, 0.4) is 0 Å². The Kier molecular flexibility index (Phi) is 5.61. The first-order chi connectivity index (χ1) is 13.2. The third-order valence-corrected chi connectivity index (χ3v) is 6.21. The van der Waals surface area contributed by atoms with Gasteiger partial charge in [-0.05, 0) is 105 Å². The van der Waals surface area contributed by atoms with Crippen molar-refractivity contribution in [2.45, 2.75) is 65.2 Å². The fourth-order valence-electron chi connectivity index (χ4n) is 4.48. The molecule has 1 fully saturated rings.